The third-order valence-electron chi connectivity index (χ3n) is 1.21. The maximum atomic E-state index is 10.9. The van der Waals surface area contributed by atoms with E-state index in [0.29, 0.717) is 18.9 Å². The van der Waals surface area contributed by atoms with Crippen molar-refractivity contribution in [2.24, 2.45) is 5.92 Å². The van der Waals surface area contributed by atoms with E-state index < -0.39 is 0 Å². The summed E-state index contributed by atoms with van der Waals surface area (Å²) in [6, 6.07) is 0. The minimum absolute atomic E-state index is 0.0752. The highest BCUT2D eigenvalue weighted by atomic mass is 32.2. The van der Waals surface area contributed by atoms with Crippen molar-refractivity contribution in [3.8, 4) is 0 Å². The number of esters is 1. The first-order valence-corrected chi connectivity index (χ1v) is 5.55. The maximum Gasteiger partial charge on any atom is 0.306 e. The standard InChI is InChI=1S/C9H18O2S/c1-4-11-9(10)5-6-12-7-8(2)3/h8H,4-7H2,1-3H3. The van der Waals surface area contributed by atoms with Gasteiger partial charge in [-0.1, -0.05) is 13.8 Å². The molecule has 0 radical (unpaired) electrons. The molecule has 0 N–H and O–H groups in total. The van der Waals surface area contributed by atoms with Crippen molar-refractivity contribution in [2.45, 2.75) is 27.2 Å². The Morgan fingerprint density at radius 3 is 2.67 bits per heavy atom. The Hall–Kier alpha value is -0.180. The molecule has 0 aromatic rings. The van der Waals surface area contributed by atoms with Gasteiger partial charge in [0.1, 0.15) is 0 Å². The Kier molecular flexibility index (Phi) is 7.36. The zero-order valence-corrected chi connectivity index (χ0v) is 8.95. The lowest BCUT2D eigenvalue weighted by Gasteiger charge is -2.03. The third-order valence-corrected chi connectivity index (χ3v) is 2.60. The molecule has 12 heavy (non-hydrogen) atoms. The second-order valence-electron chi connectivity index (χ2n) is 3.02. The van der Waals surface area contributed by atoms with Crippen LogP contribution in [0, 0.1) is 5.92 Å². The molecular weight excluding hydrogens is 172 g/mol. The fourth-order valence-corrected chi connectivity index (χ4v) is 1.66. The predicted octanol–water partition coefficient (Wildman–Crippen LogP) is 2.33. The monoisotopic (exact) mass is 190 g/mol. The minimum Gasteiger partial charge on any atom is -0.466 e. The van der Waals surface area contributed by atoms with Crippen molar-refractivity contribution in [3.05, 3.63) is 0 Å². The molecule has 0 unspecified atom stereocenters. The van der Waals surface area contributed by atoms with Crippen LogP contribution in [0.1, 0.15) is 27.2 Å². The van der Waals surface area contributed by atoms with E-state index >= 15 is 0 Å². The van der Waals surface area contributed by atoms with Crippen molar-refractivity contribution >= 4 is 17.7 Å². The van der Waals surface area contributed by atoms with Crippen LogP contribution < -0.4 is 0 Å². The van der Waals surface area contributed by atoms with Gasteiger partial charge in [-0.3, -0.25) is 4.79 Å². The van der Waals surface area contributed by atoms with E-state index in [1.54, 1.807) is 0 Å². The fourth-order valence-electron chi connectivity index (χ4n) is 0.708. The van der Waals surface area contributed by atoms with E-state index in [1.807, 2.05) is 18.7 Å². The highest BCUT2D eigenvalue weighted by molar-refractivity contribution is 7.99. The van der Waals surface area contributed by atoms with E-state index in [9.17, 15) is 4.79 Å². The lowest BCUT2D eigenvalue weighted by atomic mass is 10.3. The minimum atomic E-state index is -0.0752. The smallest absolute Gasteiger partial charge is 0.306 e. The van der Waals surface area contributed by atoms with Crippen LogP contribution in [-0.4, -0.2) is 24.1 Å². The van der Waals surface area contributed by atoms with Crippen LogP contribution in [-0.2, 0) is 9.53 Å². The highest BCUT2D eigenvalue weighted by Gasteiger charge is 2.01. The van der Waals surface area contributed by atoms with E-state index in [0.717, 1.165) is 11.5 Å². The molecular formula is C9H18O2S. The van der Waals surface area contributed by atoms with Crippen molar-refractivity contribution in [1.29, 1.82) is 0 Å². The van der Waals surface area contributed by atoms with Crippen LogP contribution >= 0.6 is 11.8 Å². The van der Waals surface area contributed by atoms with Crippen LogP contribution in [0.15, 0.2) is 0 Å². The summed E-state index contributed by atoms with van der Waals surface area (Å²) in [6.45, 7) is 6.68. The van der Waals surface area contributed by atoms with Gasteiger partial charge in [-0.25, -0.2) is 0 Å². The van der Waals surface area contributed by atoms with Gasteiger partial charge in [-0.2, -0.15) is 11.8 Å². The first-order chi connectivity index (χ1) is 5.66. The van der Waals surface area contributed by atoms with E-state index in [-0.39, 0.29) is 5.97 Å². The fraction of sp³-hybridized carbons (Fsp3) is 0.889. The predicted molar refractivity (Wildman–Crippen MR) is 53.4 cm³/mol. The third kappa shape index (κ3) is 7.92. The molecule has 0 aromatic heterocycles. The Morgan fingerprint density at radius 2 is 2.17 bits per heavy atom. The summed E-state index contributed by atoms with van der Waals surface area (Å²) < 4.78 is 4.80. The molecule has 0 saturated carbocycles. The molecule has 0 saturated heterocycles. The molecule has 0 spiro atoms. The van der Waals surface area contributed by atoms with Crippen molar-refractivity contribution in [1.82, 2.24) is 0 Å². The number of thioether (sulfide) groups is 1. The summed E-state index contributed by atoms with van der Waals surface area (Å²) in [5.41, 5.74) is 0. The molecule has 0 aliphatic rings. The lowest BCUT2D eigenvalue weighted by molar-refractivity contribution is -0.142. The van der Waals surface area contributed by atoms with Gasteiger partial charge in [-0.05, 0) is 18.6 Å². The molecule has 3 heteroatoms. The van der Waals surface area contributed by atoms with Crippen LogP contribution in [0.2, 0.25) is 0 Å². The van der Waals surface area contributed by atoms with Crippen LogP contribution in [0.25, 0.3) is 0 Å². The summed E-state index contributed by atoms with van der Waals surface area (Å²) in [5.74, 6) is 2.64. The molecule has 0 rings (SSSR count). The Morgan fingerprint density at radius 1 is 1.50 bits per heavy atom. The van der Waals surface area contributed by atoms with Gasteiger partial charge >= 0.3 is 5.97 Å². The average Bonchev–Trinajstić information content (AvgIpc) is 1.98. The first-order valence-electron chi connectivity index (χ1n) is 4.40. The molecule has 0 heterocycles. The number of carbonyl (C=O) groups is 1. The number of ether oxygens (including phenoxy) is 1. The zero-order chi connectivity index (χ0) is 9.40. The molecule has 0 aliphatic heterocycles. The number of hydrogen-bond donors (Lipinski definition) is 0. The topological polar surface area (TPSA) is 26.3 Å². The first kappa shape index (κ1) is 11.8. The zero-order valence-electron chi connectivity index (χ0n) is 8.13. The SMILES string of the molecule is CCOC(=O)CCSCC(C)C. The number of rotatable bonds is 6. The van der Waals surface area contributed by atoms with E-state index in [1.165, 1.54) is 0 Å². The van der Waals surface area contributed by atoms with Crippen molar-refractivity contribution in [2.75, 3.05) is 18.1 Å². The summed E-state index contributed by atoms with van der Waals surface area (Å²) >= 11 is 1.81. The van der Waals surface area contributed by atoms with E-state index in [2.05, 4.69) is 13.8 Å². The molecule has 0 fully saturated rings. The average molecular weight is 190 g/mol. The molecule has 2 nitrogen and oxygen atoms in total. The number of hydrogen-bond acceptors (Lipinski definition) is 3. The molecule has 0 aromatic carbocycles. The van der Waals surface area contributed by atoms with Gasteiger partial charge in [-0.15, -0.1) is 0 Å². The molecule has 0 atom stereocenters. The summed E-state index contributed by atoms with van der Waals surface area (Å²) in [7, 11) is 0. The summed E-state index contributed by atoms with van der Waals surface area (Å²) in [6.07, 6.45) is 0.547. The van der Waals surface area contributed by atoms with Crippen LogP contribution in [0.5, 0.6) is 0 Å². The quantitative estimate of drug-likeness (QED) is 0.475. The second kappa shape index (κ2) is 7.47. The molecule has 0 amide bonds. The maximum absolute atomic E-state index is 10.9. The Bertz CT molecular complexity index is 124. The Balaban J connectivity index is 3.14. The summed E-state index contributed by atoms with van der Waals surface area (Å²) in [4.78, 5) is 10.9. The van der Waals surface area contributed by atoms with Crippen molar-refractivity contribution in [3.63, 3.8) is 0 Å². The van der Waals surface area contributed by atoms with E-state index in [4.69, 9.17) is 4.74 Å². The molecule has 72 valence electrons. The lowest BCUT2D eigenvalue weighted by Crippen LogP contribution is -2.05. The molecule has 0 bridgehead atoms. The van der Waals surface area contributed by atoms with Gasteiger partial charge in [0.25, 0.3) is 0 Å². The Labute approximate surface area is 79.1 Å². The summed E-state index contributed by atoms with van der Waals surface area (Å²) in [5, 5.41) is 0. The van der Waals surface area contributed by atoms with Crippen LogP contribution in [0.3, 0.4) is 0 Å². The van der Waals surface area contributed by atoms with Gasteiger partial charge in [0, 0.05) is 5.75 Å². The molecule has 0 aliphatic carbocycles. The van der Waals surface area contributed by atoms with Gasteiger partial charge < -0.3 is 4.74 Å². The normalized spacial score (nSPS) is 10.3. The number of carbonyl (C=O) groups excluding carboxylic acids is 1. The van der Waals surface area contributed by atoms with Crippen LogP contribution in [0.4, 0.5) is 0 Å². The van der Waals surface area contributed by atoms with Gasteiger partial charge in [0.15, 0.2) is 0 Å². The highest BCUT2D eigenvalue weighted by Crippen LogP contribution is 2.08. The van der Waals surface area contributed by atoms with Crippen molar-refractivity contribution < 1.29 is 9.53 Å². The second-order valence-corrected chi connectivity index (χ2v) is 4.17. The van der Waals surface area contributed by atoms with Gasteiger partial charge in [0.05, 0.1) is 13.0 Å². The largest absolute Gasteiger partial charge is 0.466 e. The van der Waals surface area contributed by atoms with Gasteiger partial charge in [0.2, 0.25) is 0 Å².